The van der Waals surface area contributed by atoms with E-state index in [1.165, 1.54) is 4.57 Å². The van der Waals surface area contributed by atoms with E-state index in [4.69, 9.17) is 11.6 Å². The van der Waals surface area contributed by atoms with Gasteiger partial charge in [-0.3, -0.25) is 4.57 Å². The Morgan fingerprint density at radius 1 is 1.26 bits per heavy atom. The van der Waals surface area contributed by atoms with E-state index < -0.39 is 12.2 Å². The molecule has 0 atom stereocenters. The molecule has 0 saturated heterocycles. The molecule has 4 heterocycles. The topological polar surface area (TPSA) is 70.5 Å². The number of imidazole rings is 1. The van der Waals surface area contributed by atoms with Crippen LogP contribution < -0.4 is 5.69 Å². The van der Waals surface area contributed by atoms with Gasteiger partial charge in [0.1, 0.15) is 5.15 Å². The number of pyridine rings is 2. The second-order valence-corrected chi connectivity index (χ2v) is 6.31. The smallest absolute Gasteiger partial charge is 0.327 e. The summed E-state index contributed by atoms with van der Waals surface area (Å²) >= 11 is 5.80. The monoisotopic (exact) mass is 390 g/mol. The summed E-state index contributed by atoms with van der Waals surface area (Å²) in [5.74, 6) is 0.432. The van der Waals surface area contributed by atoms with E-state index in [0.29, 0.717) is 33.6 Å². The molecule has 0 N–H and O–H groups in total. The highest BCUT2D eigenvalue weighted by atomic mass is 35.5. The van der Waals surface area contributed by atoms with Crippen LogP contribution in [-0.2, 0) is 6.54 Å². The first-order valence-corrected chi connectivity index (χ1v) is 8.34. The summed E-state index contributed by atoms with van der Waals surface area (Å²) in [6.07, 6.45) is 4.56. The number of rotatable bonds is 4. The molecule has 0 unspecified atom stereocenters. The van der Waals surface area contributed by atoms with E-state index in [1.54, 1.807) is 42.1 Å². The largest absolute Gasteiger partial charge is 0.354 e. The highest BCUT2D eigenvalue weighted by Gasteiger charge is 2.22. The molecule has 2 aliphatic heterocycles. The fourth-order valence-electron chi connectivity index (χ4n) is 2.92. The lowest BCUT2D eigenvalue weighted by Gasteiger charge is -2.12. The van der Waals surface area contributed by atoms with Crippen molar-refractivity contribution >= 4 is 11.6 Å². The van der Waals surface area contributed by atoms with Crippen LogP contribution in [0.4, 0.5) is 8.78 Å². The maximum absolute atomic E-state index is 12.9. The molecule has 2 aliphatic rings. The Morgan fingerprint density at radius 3 is 2.74 bits per heavy atom. The Bertz CT molecular complexity index is 1130. The zero-order valence-corrected chi connectivity index (χ0v) is 14.8. The van der Waals surface area contributed by atoms with E-state index in [2.05, 4.69) is 15.1 Å². The molecule has 7 nitrogen and oxygen atoms in total. The second-order valence-electron chi connectivity index (χ2n) is 5.92. The van der Waals surface area contributed by atoms with Gasteiger partial charge in [-0.2, -0.15) is 18.9 Å². The Hall–Kier alpha value is -3.07. The third-order valence-corrected chi connectivity index (χ3v) is 4.35. The molecule has 0 radical (unpaired) electrons. The molecule has 27 heavy (non-hydrogen) atoms. The summed E-state index contributed by atoms with van der Waals surface area (Å²) in [4.78, 5) is 20.6. The van der Waals surface area contributed by atoms with Crippen LogP contribution in [0.3, 0.4) is 0 Å². The first-order chi connectivity index (χ1) is 12.9. The molecule has 0 aromatic carbocycles. The van der Waals surface area contributed by atoms with Crippen molar-refractivity contribution in [1.29, 1.82) is 0 Å². The van der Waals surface area contributed by atoms with E-state index in [-0.39, 0.29) is 5.69 Å². The second kappa shape index (κ2) is 6.58. The van der Waals surface area contributed by atoms with E-state index >= 15 is 0 Å². The van der Waals surface area contributed by atoms with Crippen LogP contribution in [0.15, 0.2) is 47.7 Å². The van der Waals surface area contributed by atoms with Crippen molar-refractivity contribution in [2.45, 2.75) is 20.0 Å². The van der Waals surface area contributed by atoms with Gasteiger partial charge in [0, 0.05) is 12.4 Å². The lowest BCUT2D eigenvalue weighted by molar-refractivity contribution is 0.0563. The summed E-state index contributed by atoms with van der Waals surface area (Å²) in [5, 5.41) is 4.15. The Kier molecular flexibility index (Phi) is 4.23. The summed E-state index contributed by atoms with van der Waals surface area (Å²) < 4.78 is 29.4. The van der Waals surface area contributed by atoms with Gasteiger partial charge in [0.2, 0.25) is 0 Å². The Morgan fingerprint density at radius 2 is 2.07 bits per heavy atom. The van der Waals surface area contributed by atoms with Gasteiger partial charge in [0.15, 0.2) is 5.82 Å². The highest BCUT2D eigenvalue weighted by molar-refractivity contribution is 6.29. The molecule has 2 aromatic rings. The number of halogens is 3. The third-order valence-electron chi connectivity index (χ3n) is 4.13. The molecule has 138 valence electrons. The summed E-state index contributed by atoms with van der Waals surface area (Å²) in [6, 6.07) is 6.97. The van der Waals surface area contributed by atoms with Crippen molar-refractivity contribution in [1.82, 2.24) is 28.9 Å². The molecule has 0 spiro atoms. The maximum atomic E-state index is 12.9. The summed E-state index contributed by atoms with van der Waals surface area (Å²) in [5.41, 5.74) is 1.40. The van der Waals surface area contributed by atoms with Crippen LogP contribution in [-0.4, -0.2) is 28.9 Å². The van der Waals surface area contributed by atoms with Crippen molar-refractivity contribution in [2.24, 2.45) is 0 Å². The lowest BCUT2D eigenvalue weighted by atomic mass is 10.2. The van der Waals surface area contributed by atoms with Crippen molar-refractivity contribution in [3.63, 3.8) is 0 Å². The van der Waals surface area contributed by atoms with Gasteiger partial charge >= 0.3 is 12.2 Å². The number of hydrogen-bond donors (Lipinski definition) is 0. The van der Waals surface area contributed by atoms with Gasteiger partial charge in [-0.25, -0.2) is 14.5 Å². The molecule has 0 aliphatic carbocycles. The first-order valence-electron chi connectivity index (χ1n) is 7.96. The predicted molar refractivity (Wildman–Crippen MR) is 94.6 cm³/mol. The van der Waals surface area contributed by atoms with Crippen LogP contribution >= 0.6 is 11.6 Å². The molecular weight excluding hydrogens is 378 g/mol. The van der Waals surface area contributed by atoms with Crippen molar-refractivity contribution in [3.05, 3.63) is 69.8 Å². The fourth-order valence-corrected chi connectivity index (χ4v) is 3.03. The van der Waals surface area contributed by atoms with E-state index in [1.807, 2.05) is 6.07 Å². The molecule has 4 rings (SSSR count). The molecule has 2 aromatic heterocycles. The van der Waals surface area contributed by atoms with E-state index in [9.17, 15) is 13.6 Å². The number of alkyl halides is 2. The number of aromatic nitrogens is 6. The van der Waals surface area contributed by atoms with Crippen LogP contribution in [0.25, 0.3) is 17.2 Å². The van der Waals surface area contributed by atoms with Crippen molar-refractivity contribution < 1.29 is 8.78 Å². The van der Waals surface area contributed by atoms with Gasteiger partial charge < -0.3 is 4.57 Å². The summed E-state index contributed by atoms with van der Waals surface area (Å²) in [7, 11) is 0. The average molecular weight is 391 g/mol. The minimum absolute atomic E-state index is 0.272. The molecule has 0 fully saturated rings. The molecule has 0 amide bonds. The van der Waals surface area contributed by atoms with Crippen LogP contribution in [0.2, 0.25) is 5.15 Å². The molecule has 0 saturated carbocycles. The summed E-state index contributed by atoms with van der Waals surface area (Å²) in [6.45, 7) is -0.798. The van der Waals surface area contributed by atoms with Gasteiger partial charge in [0.05, 0.1) is 29.8 Å². The number of aryl methyl sites for hydroxylation is 1. The highest BCUT2D eigenvalue weighted by Crippen LogP contribution is 2.25. The normalized spacial score (nSPS) is 11.6. The molecule has 10 heteroatoms. The fraction of sp³-hybridized carbons (Fsp3) is 0.176. The lowest BCUT2D eigenvalue weighted by Crippen LogP contribution is -2.14. The number of nitrogens with zero attached hydrogens (tertiary/aromatic N) is 6. The first kappa shape index (κ1) is 17.3. The quantitative estimate of drug-likeness (QED) is 0.502. The number of fused-ring (bicyclic) bond motifs is 1. The Balaban J connectivity index is 1.79. The molecular formula is C17H13ClF2N6O. The van der Waals surface area contributed by atoms with Gasteiger partial charge in [0.25, 0.3) is 0 Å². The van der Waals surface area contributed by atoms with Crippen LogP contribution in [0.5, 0.6) is 0 Å². The molecule has 0 bridgehead atoms. The zero-order chi connectivity index (χ0) is 19.1. The van der Waals surface area contributed by atoms with Crippen molar-refractivity contribution in [2.75, 3.05) is 0 Å². The standard InChI is InChI=1S/C17H13ClF2N6O/c1-10-13(9-25(23-10)16(19)20)26-12-3-2-6-24(15(12)22-17(26)27)8-11-4-5-14(18)21-7-11/h2-7,9,16H,8H2,1H3. The Labute approximate surface area is 156 Å². The van der Waals surface area contributed by atoms with Crippen LogP contribution in [0, 0.1) is 6.92 Å². The number of hydrogen-bond acceptors (Lipinski definition) is 4. The minimum atomic E-state index is -2.79. The van der Waals surface area contributed by atoms with Gasteiger partial charge in [-0.1, -0.05) is 17.7 Å². The van der Waals surface area contributed by atoms with Gasteiger partial charge in [-0.15, -0.1) is 0 Å². The van der Waals surface area contributed by atoms with Gasteiger partial charge in [-0.05, 0) is 30.7 Å². The zero-order valence-electron chi connectivity index (χ0n) is 14.1. The van der Waals surface area contributed by atoms with Crippen molar-refractivity contribution in [3.8, 4) is 17.2 Å². The average Bonchev–Trinajstić information content (AvgIpc) is 3.17. The van der Waals surface area contributed by atoms with E-state index in [0.717, 1.165) is 11.8 Å². The third kappa shape index (κ3) is 3.10. The minimum Gasteiger partial charge on any atom is -0.327 e. The SMILES string of the molecule is Cc1nn(C(F)F)cc1-n1c2cccn(Cc3ccc(Cl)nc3)c-2nc1=O. The van der Waals surface area contributed by atoms with Crippen LogP contribution in [0.1, 0.15) is 17.8 Å². The predicted octanol–water partition coefficient (Wildman–Crippen LogP) is 3.14. The maximum Gasteiger partial charge on any atom is 0.354 e.